The van der Waals surface area contributed by atoms with Crippen molar-refractivity contribution in [2.45, 2.75) is 39.5 Å². The quantitative estimate of drug-likeness (QED) is 0.876. The fourth-order valence-corrected chi connectivity index (χ4v) is 3.73. The summed E-state index contributed by atoms with van der Waals surface area (Å²) >= 11 is 0. The first kappa shape index (κ1) is 17.2. The molecule has 2 aromatic rings. The molecular weight excluding hydrogens is 314 g/mol. The molecule has 0 aliphatic heterocycles. The molecule has 4 heteroatoms. The average Bonchev–Trinajstić information content (AvgIpc) is 2.53. The Hall–Kier alpha value is -2.62. The number of carbonyl (C=O) groups excluding carboxylic acids is 2. The van der Waals surface area contributed by atoms with Crippen molar-refractivity contribution in [2.75, 3.05) is 5.32 Å². The summed E-state index contributed by atoms with van der Waals surface area (Å²) in [7, 11) is 0. The lowest BCUT2D eigenvalue weighted by atomic mass is 9.67. The highest BCUT2D eigenvalue weighted by atomic mass is 16.3. The van der Waals surface area contributed by atoms with Gasteiger partial charge in [-0.05, 0) is 48.4 Å². The molecule has 0 fully saturated rings. The molecular formula is C21H23NO3. The second-order valence-electron chi connectivity index (χ2n) is 7.07. The van der Waals surface area contributed by atoms with E-state index in [-0.39, 0.29) is 29.3 Å². The van der Waals surface area contributed by atoms with Crippen LogP contribution in [0.4, 0.5) is 5.69 Å². The van der Waals surface area contributed by atoms with Crippen molar-refractivity contribution in [1.29, 1.82) is 0 Å². The third-order valence-corrected chi connectivity index (χ3v) is 5.05. The smallest absolute Gasteiger partial charge is 0.224 e. The van der Waals surface area contributed by atoms with Gasteiger partial charge in [-0.3, -0.25) is 9.59 Å². The normalized spacial score (nSPS) is 19.4. The Morgan fingerprint density at radius 2 is 1.96 bits per heavy atom. The SMILES string of the molecule is CCC1(CC(=O)Nc2cc(C)cc(O)c2)CC(=O)c2ccccc2C1. The van der Waals surface area contributed by atoms with Gasteiger partial charge in [0.25, 0.3) is 0 Å². The molecule has 2 aromatic carbocycles. The maximum absolute atomic E-state index is 12.6. The van der Waals surface area contributed by atoms with Crippen molar-refractivity contribution in [2.24, 2.45) is 5.41 Å². The third-order valence-electron chi connectivity index (χ3n) is 5.05. The Morgan fingerprint density at radius 3 is 2.68 bits per heavy atom. The molecule has 1 aliphatic rings. The molecule has 2 N–H and O–H groups in total. The maximum Gasteiger partial charge on any atom is 0.224 e. The molecule has 1 atom stereocenters. The number of carbonyl (C=O) groups is 2. The van der Waals surface area contributed by atoms with Crippen LogP contribution in [-0.2, 0) is 11.2 Å². The van der Waals surface area contributed by atoms with Gasteiger partial charge in [-0.15, -0.1) is 0 Å². The van der Waals surface area contributed by atoms with Crippen molar-refractivity contribution in [3.8, 4) is 5.75 Å². The van der Waals surface area contributed by atoms with Crippen LogP contribution in [-0.4, -0.2) is 16.8 Å². The summed E-state index contributed by atoms with van der Waals surface area (Å²) in [5.74, 6) is 0.117. The second kappa shape index (κ2) is 6.71. The number of ketones is 1. The Kier molecular flexibility index (Phi) is 4.62. The standard InChI is InChI=1S/C21H23NO3/c1-3-21(11-15-6-4-5-7-18(15)19(24)12-21)13-20(25)22-16-8-14(2)9-17(23)10-16/h4-10,23H,3,11-13H2,1-2H3,(H,22,25). The minimum absolute atomic E-state index is 0.115. The monoisotopic (exact) mass is 337 g/mol. The van der Waals surface area contributed by atoms with Crippen molar-refractivity contribution in [1.82, 2.24) is 0 Å². The number of aromatic hydroxyl groups is 1. The maximum atomic E-state index is 12.6. The van der Waals surface area contributed by atoms with E-state index < -0.39 is 0 Å². The fraction of sp³-hybridized carbons (Fsp3) is 0.333. The summed E-state index contributed by atoms with van der Waals surface area (Å²) in [6.45, 7) is 3.90. The highest BCUT2D eigenvalue weighted by Crippen LogP contribution is 2.41. The van der Waals surface area contributed by atoms with Gasteiger partial charge in [0.1, 0.15) is 5.75 Å². The number of hydrogen-bond acceptors (Lipinski definition) is 3. The summed E-state index contributed by atoms with van der Waals surface area (Å²) in [6, 6.07) is 12.7. The van der Waals surface area contributed by atoms with E-state index in [1.807, 2.05) is 44.2 Å². The van der Waals surface area contributed by atoms with Gasteiger partial charge in [-0.2, -0.15) is 0 Å². The van der Waals surface area contributed by atoms with Crippen LogP contribution in [0.2, 0.25) is 0 Å². The summed E-state index contributed by atoms with van der Waals surface area (Å²) in [6.07, 6.45) is 2.18. The average molecular weight is 337 g/mol. The molecule has 0 aromatic heterocycles. The van der Waals surface area contributed by atoms with Gasteiger partial charge in [-0.1, -0.05) is 31.2 Å². The molecule has 0 heterocycles. The van der Waals surface area contributed by atoms with Crippen LogP contribution in [0.1, 0.15) is 47.7 Å². The number of hydrogen-bond donors (Lipinski definition) is 2. The van der Waals surface area contributed by atoms with E-state index in [0.717, 1.165) is 29.5 Å². The van der Waals surface area contributed by atoms with Crippen LogP contribution in [0.25, 0.3) is 0 Å². The molecule has 1 amide bonds. The van der Waals surface area contributed by atoms with Gasteiger partial charge < -0.3 is 10.4 Å². The lowest BCUT2D eigenvalue weighted by Crippen LogP contribution is -2.35. The van der Waals surface area contributed by atoms with Crippen molar-refractivity contribution < 1.29 is 14.7 Å². The lowest BCUT2D eigenvalue weighted by Gasteiger charge is -2.36. The summed E-state index contributed by atoms with van der Waals surface area (Å²) in [5, 5.41) is 12.5. The van der Waals surface area contributed by atoms with Gasteiger partial charge in [0, 0.05) is 30.2 Å². The zero-order chi connectivity index (χ0) is 18.0. The van der Waals surface area contributed by atoms with Gasteiger partial charge in [0.05, 0.1) is 0 Å². The van der Waals surface area contributed by atoms with Gasteiger partial charge in [0.2, 0.25) is 5.91 Å². The first-order chi connectivity index (χ1) is 11.9. The molecule has 130 valence electrons. The number of Topliss-reactive ketones (excluding diaryl/α,β-unsaturated/α-hetero) is 1. The summed E-state index contributed by atoms with van der Waals surface area (Å²) < 4.78 is 0. The van der Waals surface area contributed by atoms with Crippen molar-refractivity contribution >= 4 is 17.4 Å². The highest BCUT2D eigenvalue weighted by Gasteiger charge is 2.38. The lowest BCUT2D eigenvalue weighted by molar-refractivity contribution is -0.118. The van der Waals surface area contributed by atoms with E-state index in [2.05, 4.69) is 5.32 Å². The van der Waals surface area contributed by atoms with E-state index in [1.165, 1.54) is 6.07 Å². The largest absolute Gasteiger partial charge is 0.508 e. The van der Waals surface area contributed by atoms with Crippen LogP contribution >= 0.6 is 0 Å². The molecule has 0 saturated carbocycles. The molecule has 1 unspecified atom stereocenters. The molecule has 0 spiro atoms. The summed E-state index contributed by atoms with van der Waals surface area (Å²) in [4.78, 5) is 25.1. The van der Waals surface area contributed by atoms with Crippen LogP contribution in [0.5, 0.6) is 5.75 Å². The van der Waals surface area contributed by atoms with Crippen molar-refractivity contribution in [3.63, 3.8) is 0 Å². The molecule has 0 saturated heterocycles. The Bertz CT molecular complexity index is 807. The topological polar surface area (TPSA) is 66.4 Å². The molecule has 1 aliphatic carbocycles. The first-order valence-electron chi connectivity index (χ1n) is 8.62. The van der Waals surface area contributed by atoms with Crippen LogP contribution < -0.4 is 5.32 Å². The van der Waals surface area contributed by atoms with Gasteiger partial charge in [-0.25, -0.2) is 0 Å². The zero-order valence-corrected chi connectivity index (χ0v) is 14.6. The number of phenolic OH excluding ortho intramolecular Hbond substituents is 1. The molecule has 0 bridgehead atoms. The van der Waals surface area contributed by atoms with E-state index in [0.29, 0.717) is 12.1 Å². The predicted octanol–water partition coefficient (Wildman–Crippen LogP) is 4.25. The minimum Gasteiger partial charge on any atom is -0.508 e. The van der Waals surface area contributed by atoms with Crippen LogP contribution in [0.3, 0.4) is 0 Å². The molecule has 3 rings (SSSR count). The molecule has 0 radical (unpaired) electrons. The van der Waals surface area contributed by atoms with Crippen molar-refractivity contribution in [3.05, 3.63) is 59.2 Å². The van der Waals surface area contributed by atoms with Crippen LogP contribution in [0.15, 0.2) is 42.5 Å². The van der Waals surface area contributed by atoms with Gasteiger partial charge in [0.15, 0.2) is 5.78 Å². The van der Waals surface area contributed by atoms with E-state index in [4.69, 9.17) is 0 Å². The number of aryl methyl sites for hydroxylation is 1. The second-order valence-corrected chi connectivity index (χ2v) is 7.07. The number of rotatable bonds is 4. The highest BCUT2D eigenvalue weighted by molar-refractivity contribution is 6.00. The minimum atomic E-state index is -0.346. The number of benzene rings is 2. The van der Waals surface area contributed by atoms with E-state index in [1.54, 1.807) is 6.07 Å². The third kappa shape index (κ3) is 3.73. The zero-order valence-electron chi connectivity index (χ0n) is 14.6. The number of nitrogens with one attached hydrogen (secondary N) is 1. The number of phenols is 1. The fourth-order valence-electron chi connectivity index (χ4n) is 3.73. The Labute approximate surface area is 147 Å². The predicted molar refractivity (Wildman–Crippen MR) is 97.9 cm³/mol. The Morgan fingerprint density at radius 1 is 1.20 bits per heavy atom. The van der Waals surface area contributed by atoms with E-state index >= 15 is 0 Å². The number of anilines is 1. The molecule has 25 heavy (non-hydrogen) atoms. The van der Waals surface area contributed by atoms with Gasteiger partial charge >= 0.3 is 0 Å². The number of amides is 1. The molecule has 4 nitrogen and oxygen atoms in total. The first-order valence-corrected chi connectivity index (χ1v) is 8.62. The summed E-state index contributed by atoms with van der Waals surface area (Å²) in [5.41, 5.74) is 2.93. The van der Waals surface area contributed by atoms with Crippen LogP contribution in [0, 0.1) is 12.3 Å². The Balaban J connectivity index is 1.78. The van der Waals surface area contributed by atoms with E-state index in [9.17, 15) is 14.7 Å². The number of fused-ring (bicyclic) bond motifs is 1.